The average molecular weight is 343 g/mol. The fraction of sp³-hybridized carbons (Fsp3) is 0.0588. The third-order valence-corrected chi connectivity index (χ3v) is 7.06. The predicted molar refractivity (Wildman–Crippen MR) is 95.8 cm³/mol. The molecule has 1 aromatic carbocycles. The van der Waals surface area contributed by atoms with Crippen molar-refractivity contribution in [3.63, 3.8) is 0 Å². The largest absolute Gasteiger partial charge is 0.245 e. The van der Waals surface area contributed by atoms with E-state index in [1.165, 1.54) is 0 Å². The standard InChI is InChI=1S/C17H13NOS3/c1-22(19)15-9-3-2-6-12(15)16(13-7-4-10-20-13)17(18-22)14-8-5-11-21-14/h2-11H,1H3. The highest BCUT2D eigenvalue weighted by molar-refractivity contribution is 7.93. The topological polar surface area (TPSA) is 29.4 Å². The van der Waals surface area contributed by atoms with Gasteiger partial charge in [-0.1, -0.05) is 30.3 Å². The molecule has 1 unspecified atom stereocenters. The van der Waals surface area contributed by atoms with Crippen LogP contribution in [0.2, 0.25) is 0 Å². The van der Waals surface area contributed by atoms with Crippen molar-refractivity contribution in [2.45, 2.75) is 4.90 Å². The molecule has 2 aromatic heterocycles. The first-order valence-corrected chi connectivity index (χ1v) is 10.5. The van der Waals surface area contributed by atoms with E-state index in [2.05, 4.69) is 21.9 Å². The van der Waals surface area contributed by atoms with Gasteiger partial charge < -0.3 is 0 Å². The zero-order valence-electron chi connectivity index (χ0n) is 11.9. The van der Waals surface area contributed by atoms with E-state index in [1.807, 2.05) is 41.8 Å². The van der Waals surface area contributed by atoms with Crippen LogP contribution < -0.4 is 0 Å². The molecular formula is C17H13NOS3. The molecule has 22 heavy (non-hydrogen) atoms. The molecule has 0 saturated heterocycles. The summed E-state index contributed by atoms with van der Waals surface area (Å²) in [5, 5.41) is 4.09. The predicted octanol–water partition coefficient (Wildman–Crippen LogP) is 5.20. The summed E-state index contributed by atoms with van der Waals surface area (Å²) in [4.78, 5) is 3.06. The van der Waals surface area contributed by atoms with Gasteiger partial charge in [-0.2, -0.15) is 4.36 Å². The molecule has 0 spiro atoms. The first-order chi connectivity index (χ1) is 10.7. The van der Waals surface area contributed by atoms with Crippen LogP contribution in [0.25, 0.3) is 11.3 Å². The second-order valence-electron chi connectivity index (χ2n) is 5.07. The quantitative estimate of drug-likeness (QED) is 0.629. The maximum absolute atomic E-state index is 13.1. The van der Waals surface area contributed by atoms with E-state index in [4.69, 9.17) is 0 Å². The summed E-state index contributed by atoms with van der Waals surface area (Å²) in [5.74, 6) is 0. The van der Waals surface area contributed by atoms with Crippen LogP contribution in [0.4, 0.5) is 0 Å². The number of thiophene rings is 2. The van der Waals surface area contributed by atoms with Crippen molar-refractivity contribution in [1.29, 1.82) is 0 Å². The maximum atomic E-state index is 13.1. The molecule has 0 amide bonds. The van der Waals surface area contributed by atoms with Crippen LogP contribution in [-0.2, 0) is 9.73 Å². The molecule has 0 N–H and O–H groups in total. The Balaban J connectivity index is 2.15. The van der Waals surface area contributed by atoms with Gasteiger partial charge in [-0.3, -0.25) is 0 Å². The summed E-state index contributed by atoms with van der Waals surface area (Å²) in [6, 6.07) is 16.1. The normalized spacial score (nSPS) is 20.6. The van der Waals surface area contributed by atoms with Gasteiger partial charge in [0, 0.05) is 22.3 Å². The first kappa shape index (κ1) is 13.9. The molecule has 0 saturated carbocycles. The Bertz CT molecular complexity index is 973. The lowest BCUT2D eigenvalue weighted by Gasteiger charge is -2.21. The molecule has 1 atom stereocenters. The minimum Gasteiger partial charge on any atom is -0.245 e. The fourth-order valence-corrected chi connectivity index (χ4v) is 5.76. The number of hydrogen-bond donors (Lipinski definition) is 0. The van der Waals surface area contributed by atoms with E-state index >= 15 is 0 Å². The molecule has 0 bridgehead atoms. The van der Waals surface area contributed by atoms with Gasteiger partial charge in [-0.15, -0.1) is 22.7 Å². The highest BCUT2D eigenvalue weighted by Gasteiger charge is 2.26. The van der Waals surface area contributed by atoms with Crippen molar-refractivity contribution >= 4 is 43.7 Å². The number of benzene rings is 1. The molecule has 5 heteroatoms. The second-order valence-corrected chi connectivity index (χ2v) is 9.19. The summed E-state index contributed by atoms with van der Waals surface area (Å²) in [6.07, 6.45) is 1.73. The lowest BCUT2D eigenvalue weighted by atomic mass is 10.0. The van der Waals surface area contributed by atoms with E-state index in [0.29, 0.717) is 0 Å². The summed E-state index contributed by atoms with van der Waals surface area (Å²) >= 11 is 3.32. The summed E-state index contributed by atoms with van der Waals surface area (Å²) in [7, 11) is -2.41. The van der Waals surface area contributed by atoms with Crippen molar-refractivity contribution in [3.05, 3.63) is 74.6 Å². The van der Waals surface area contributed by atoms with E-state index in [1.54, 1.807) is 28.9 Å². The van der Waals surface area contributed by atoms with Gasteiger partial charge in [-0.25, -0.2) is 4.21 Å². The van der Waals surface area contributed by atoms with E-state index < -0.39 is 9.73 Å². The minimum absolute atomic E-state index is 0.832. The van der Waals surface area contributed by atoms with Crippen LogP contribution in [0.3, 0.4) is 0 Å². The number of hydrogen-bond acceptors (Lipinski definition) is 4. The molecule has 0 radical (unpaired) electrons. The van der Waals surface area contributed by atoms with Gasteiger partial charge in [0.05, 0.1) is 25.2 Å². The zero-order valence-corrected chi connectivity index (χ0v) is 14.3. The molecule has 0 fully saturated rings. The minimum atomic E-state index is -2.41. The van der Waals surface area contributed by atoms with Crippen LogP contribution in [-0.4, -0.2) is 10.5 Å². The third kappa shape index (κ3) is 2.17. The molecule has 1 aliphatic rings. The Morgan fingerprint density at radius 2 is 1.59 bits per heavy atom. The van der Waals surface area contributed by atoms with Crippen LogP contribution in [0.15, 0.2) is 68.5 Å². The van der Waals surface area contributed by atoms with E-state index in [-0.39, 0.29) is 0 Å². The Kier molecular flexibility index (Phi) is 3.29. The summed E-state index contributed by atoms with van der Waals surface area (Å²) < 4.78 is 17.7. The van der Waals surface area contributed by atoms with Gasteiger partial charge >= 0.3 is 0 Å². The average Bonchev–Trinajstić information content (AvgIpc) is 3.20. The van der Waals surface area contributed by atoms with Crippen molar-refractivity contribution in [3.8, 4) is 0 Å². The zero-order chi connectivity index (χ0) is 15.2. The summed E-state index contributed by atoms with van der Waals surface area (Å²) in [6.45, 7) is 0. The van der Waals surface area contributed by atoms with Crippen molar-refractivity contribution in [2.24, 2.45) is 4.36 Å². The van der Waals surface area contributed by atoms with Crippen LogP contribution in [0.5, 0.6) is 0 Å². The molecule has 4 rings (SSSR count). The van der Waals surface area contributed by atoms with Gasteiger partial charge in [-0.05, 0) is 29.0 Å². The number of rotatable bonds is 2. The van der Waals surface area contributed by atoms with Crippen molar-refractivity contribution in [2.75, 3.05) is 6.26 Å². The second kappa shape index (κ2) is 5.19. The Morgan fingerprint density at radius 1 is 0.909 bits per heavy atom. The van der Waals surface area contributed by atoms with Crippen LogP contribution >= 0.6 is 22.7 Å². The van der Waals surface area contributed by atoms with Crippen LogP contribution in [0, 0.1) is 0 Å². The lowest BCUT2D eigenvalue weighted by molar-refractivity contribution is 0.680. The molecule has 3 heterocycles. The fourth-order valence-electron chi connectivity index (χ4n) is 2.65. The number of fused-ring (bicyclic) bond motifs is 1. The highest BCUT2D eigenvalue weighted by atomic mass is 32.2. The maximum Gasteiger partial charge on any atom is 0.0998 e. The van der Waals surface area contributed by atoms with E-state index in [9.17, 15) is 4.21 Å². The molecule has 2 nitrogen and oxygen atoms in total. The molecule has 0 aliphatic carbocycles. The smallest absolute Gasteiger partial charge is 0.0998 e. The lowest BCUT2D eigenvalue weighted by Crippen LogP contribution is -2.08. The molecular weight excluding hydrogens is 330 g/mol. The summed E-state index contributed by atoms with van der Waals surface area (Å²) in [5.41, 5.74) is 2.98. The first-order valence-electron chi connectivity index (χ1n) is 6.80. The van der Waals surface area contributed by atoms with Gasteiger partial charge in [0.2, 0.25) is 0 Å². The Labute approximate surface area is 138 Å². The van der Waals surface area contributed by atoms with Crippen molar-refractivity contribution in [1.82, 2.24) is 0 Å². The molecule has 110 valence electrons. The van der Waals surface area contributed by atoms with Crippen LogP contribution in [0.1, 0.15) is 15.3 Å². The Hall–Kier alpha value is -1.69. The Morgan fingerprint density at radius 3 is 2.27 bits per heavy atom. The number of nitrogens with zero attached hydrogens (tertiary/aromatic N) is 1. The van der Waals surface area contributed by atoms with Gasteiger partial charge in [0.15, 0.2) is 0 Å². The van der Waals surface area contributed by atoms with Crippen molar-refractivity contribution < 1.29 is 4.21 Å². The third-order valence-electron chi connectivity index (χ3n) is 3.59. The SMILES string of the molecule is CS1(=O)=NC(c2cccs2)=C(c2cccs2)c2ccccc21. The van der Waals surface area contributed by atoms with Gasteiger partial charge in [0.25, 0.3) is 0 Å². The molecule has 1 aliphatic heterocycles. The molecule has 3 aromatic rings. The highest BCUT2D eigenvalue weighted by Crippen LogP contribution is 2.43. The monoisotopic (exact) mass is 343 g/mol. The van der Waals surface area contributed by atoms with Gasteiger partial charge in [0.1, 0.15) is 0 Å². The van der Waals surface area contributed by atoms with E-state index in [0.717, 1.165) is 31.5 Å².